The van der Waals surface area contributed by atoms with Crippen LogP contribution in [0.25, 0.3) is 0 Å². The summed E-state index contributed by atoms with van der Waals surface area (Å²) in [7, 11) is -2.04. The predicted molar refractivity (Wildman–Crippen MR) is 87.0 cm³/mol. The van der Waals surface area contributed by atoms with E-state index in [0.717, 1.165) is 12.5 Å². The van der Waals surface area contributed by atoms with Crippen molar-refractivity contribution in [2.24, 2.45) is 11.8 Å². The van der Waals surface area contributed by atoms with E-state index < -0.39 is 8.32 Å². The summed E-state index contributed by atoms with van der Waals surface area (Å²) in [5, 5.41) is 2.81. The van der Waals surface area contributed by atoms with E-state index in [2.05, 4.69) is 74.5 Å². The molecule has 0 unspecified atom stereocenters. The molecular weight excluding hydrogens is 260 g/mol. The van der Waals surface area contributed by atoms with Crippen LogP contribution in [0.15, 0.2) is 60.7 Å². The summed E-state index contributed by atoms with van der Waals surface area (Å²) in [4.78, 5) is 0. The molecule has 0 spiro atoms. The number of hydrogen-bond donors (Lipinski definition) is 0. The van der Waals surface area contributed by atoms with Crippen molar-refractivity contribution >= 4 is 18.7 Å². The molecule has 1 saturated heterocycles. The van der Waals surface area contributed by atoms with Crippen LogP contribution in [0.5, 0.6) is 0 Å². The van der Waals surface area contributed by atoms with Gasteiger partial charge in [0.25, 0.3) is 8.32 Å². The molecule has 0 aromatic heterocycles. The maximum atomic E-state index is 6.56. The summed E-state index contributed by atoms with van der Waals surface area (Å²) in [6.07, 6.45) is 0. The molecular formula is C18H22OSi. The number of hydrogen-bond acceptors (Lipinski definition) is 1. The van der Waals surface area contributed by atoms with Gasteiger partial charge < -0.3 is 4.43 Å². The molecule has 2 aromatic carbocycles. The van der Waals surface area contributed by atoms with E-state index in [1.165, 1.54) is 16.4 Å². The molecule has 3 rings (SSSR count). The quantitative estimate of drug-likeness (QED) is 0.769. The van der Waals surface area contributed by atoms with Crippen molar-refractivity contribution in [2.45, 2.75) is 19.9 Å². The van der Waals surface area contributed by atoms with Crippen molar-refractivity contribution in [1.82, 2.24) is 0 Å². The average molecular weight is 282 g/mol. The van der Waals surface area contributed by atoms with Gasteiger partial charge in [-0.25, -0.2) is 0 Å². The summed E-state index contributed by atoms with van der Waals surface area (Å²) in [6, 6.07) is 22.9. The number of rotatable bonds is 2. The van der Waals surface area contributed by atoms with E-state index >= 15 is 0 Å². The van der Waals surface area contributed by atoms with E-state index in [4.69, 9.17) is 4.43 Å². The summed E-state index contributed by atoms with van der Waals surface area (Å²) in [6.45, 7) is 5.57. The lowest BCUT2D eigenvalue weighted by molar-refractivity contribution is 0.184. The highest BCUT2D eigenvalue weighted by molar-refractivity contribution is 6.97. The Bertz CT molecular complexity index is 513. The van der Waals surface area contributed by atoms with Crippen LogP contribution in [0.2, 0.25) is 6.04 Å². The monoisotopic (exact) mass is 282 g/mol. The van der Waals surface area contributed by atoms with E-state index in [9.17, 15) is 0 Å². The van der Waals surface area contributed by atoms with Crippen molar-refractivity contribution in [1.29, 1.82) is 0 Å². The van der Waals surface area contributed by atoms with Gasteiger partial charge in [0.15, 0.2) is 0 Å². The van der Waals surface area contributed by atoms with Gasteiger partial charge in [-0.3, -0.25) is 0 Å². The topological polar surface area (TPSA) is 9.23 Å². The Morgan fingerprint density at radius 2 is 1.30 bits per heavy atom. The molecule has 2 atom stereocenters. The van der Waals surface area contributed by atoms with Gasteiger partial charge in [-0.05, 0) is 28.3 Å². The Morgan fingerprint density at radius 3 is 1.75 bits per heavy atom. The Kier molecular flexibility index (Phi) is 3.77. The second-order valence-corrected chi connectivity index (χ2v) is 9.53. The summed E-state index contributed by atoms with van der Waals surface area (Å²) in [5.74, 6) is 1.37. The van der Waals surface area contributed by atoms with Crippen LogP contribution in [0.1, 0.15) is 13.8 Å². The smallest absolute Gasteiger partial charge is 0.255 e. The van der Waals surface area contributed by atoms with Gasteiger partial charge in [0.05, 0.1) is 0 Å². The van der Waals surface area contributed by atoms with Crippen molar-refractivity contribution < 1.29 is 4.43 Å². The standard InChI is InChI=1S/C18H22OSi/c1-15-13-19-20(14-16(15)2,17-9-5-3-6-10-17)18-11-7-4-8-12-18/h3-12,15-16H,13-14H2,1-2H3/t15-,16+/m0/s1. The second-order valence-electron chi connectivity index (χ2n) is 6.03. The molecule has 0 radical (unpaired) electrons. The molecule has 0 N–H and O–H groups in total. The highest BCUT2D eigenvalue weighted by Gasteiger charge is 2.44. The van der Waals surface area contributed by atoms with Gasteiger partial charge in [0.2, 0.25) is 0 Å². The van der Waals surface area contributed by atoms with Crippen LogP contribution >= 0.6 is 0 Å². The highest BCUT2D eigenvalue weighted by Crippen LogP contribution is 2.30. The molecule has 1 heterocycles. The van der Waals surface area contributed by atoms with Gasteiger partial charge >= 0.3 is 0 Å². The zero-order valence-corrected chi connectivity index (χ0v) is 13.3. The van der Waals surface area contributed by atoms with Gasteiger partial charge in [-0.2, -0.15) is 0 Å². The Hall–Kier alpha value is -1.38. The zero-order chi connectivity index (χ0) is 14.0. The van der Waals surface area contributed by atoms with E-state index in [-0.39, 0.29) is 0 Å². The van der Waals surface area contributed by atoms with Gasteiger partial charge in [-0.1, -0.05) is 74.5 Å². The molecule has 2 aromatic rings. The van der Waals surface area contributed by atoms with Crippen molar-refractivity contribution in [3.8, 4) is 0 Å². The molecule has 104 valence electrons. The minimum absolute atomic E-state index is 0.656. The largest absolute Gasteiger partial charge is 0.408 e. The first-order valence-corrected chi connectivity index (χ1v) is 9.59. The van der Waals surface area contributed by atoms with Crippen LogP contribution in [-0.4, -0.2) is 14.9 Å². The SMILES string of the molecule is C[C@@H]1C[Si](c2ccccc2)(c2ccccc2)OC[C@@H]1C. The first-order valence-electron chi connectivity index (χ1n) is 7.47. The van der Waals surface area contributed by atoms with E-state index in [1.54, 1.807) is 0 Å². The fraction of sp³-hybridized carbons (Fsp3) is 0.333. The summed E-state index contributed by atoms with van der Waals surface area (Å²) < 4.78 is 6.56. The minimum Gasteiger partial charge on any atom is -0.408 e. The predicted octanol–water partition coefficient (Wildman–Crippen LogP) is 3.05. The zero-order valence-electron chi connectivity index (χ0n) is 12.3. The molecule has 2 heteroatoms. The first-order chi connectivity index (χ1) is 9.72. The first kappa shape index (κ1) is 13.6. The average Bonchev–Trinajstić information content (AvgIpc) is 2.52. The molecule has 0 saturated carbocycles. The van der Waals surface area contributed by atoms with Crippen LogP contribution in [0.3, 0.4) is 0 Å². The van der Waals surface area contributed by atoms with E-state index in [0.29, 0.717) is 5.92 Å². The molecule has 1 aliphatic rings. The molecule has 1 nitrogen and oxygen atoms in total. The summed E-state index contributed by atoms with van der Waals surface area (Å²) in [5.41, 5.74) is 0. The number of benzene rings is 2. The molecule has 0 bridgehead atoms. The summed E-state index contributed by atoms with van der Waals surface area (Å²) >= 11 is 0. The Morgan fingerprint density at radius 1 is 0.800 bits per heavy atom. The Balaban J connectivity index is 2.09. The minimum atomic E-state index is -2.04. The van der Waals surface area contributed by atoms with Crippen molar-refractivity contribution in [3.63, 3.8) is 0 Å². The fourth-order valence-electron chi connectivity index (χ4n) is 3.14. The van der Waals surface area contributed by atoms with Crippen molar-refractivity contribution in [3.05, 3.63) is 60.7 Å². The lowest BCUT2D eigenvalue weighted by Crippen LogP contribution is -2.64. The maximum Gasteiger partial charge on any atom is 0.255 e. The molecule has 0 aliphatic carbocycles. The van der Waals surface area contributed by atoms with Crippen LogP contribution in [-0.2, 0) is 4.43 Å². The third-order valence-electron chi connectivity index (χ3n) is 4.65. The fourth-order valence-corrected chi connectivity index (χ4v) is 7.71. The van der Waals surface area contributed by atoms with Gasteiger partial charge in [-0.15, -0.1) is 0 Å². The lowest BCUT2D eigenvalue weighted by Gasteiger charge is -2.41. The third-order valence-corrected chi connectivity index (χ3v) is 9.06. The van der Waals surface area contributed by atoms with Crippen LogP contribution < -0.4 is 10.4 Å². The molecule has 0 amide bonds. The Labute approximate surface area is 122 Å². The van der Waals surface area contributed by atoms with E-state index in [1.807, 2.05) is 0 Å². The molecule has 1 aliphatic heterocycles. The van der Waals surface area contributed by atoms with Gasteiger partial charge in [0.1, 0.15) is 0 Å². The third kappa shape index (κ3) is 2.34. The van der Waals surface area contributed by atoms with Gasteiger partial charge in [0, 0.05) is 6.61 Å². The maximum absolute atomic E-state index is 6.56. The van der Waals surface area contributed by atoms with Crippen molar-refractivity contribution in [2.75, 3.05) is 6.61 Å². The molecule has 1 fully saturated rings. The van der Waals surface area contributed by atoms with Crippen LogP contribution in [0.4, 0.5) is 0 Å². The lowest BCUT2D eigenvalue weighted by atomic mass is 9.99. The normalized spacial score (nSPS) is 25.3. The van der Waals surface area contributed by atoms with Crippen LogP contribution in [0, 0.1) is 11.8 Å². The highest BCUT2D eigenvalue weighted by atomic mass is 28.4. The molecule has 20 heavy (non-hydrogen) atoms. The second kappa shape index (κ2) is 5.55.